The van der Waals surface area contributed by atoms with E-state index in [9.17, 15) is 0 Å². The molecule has 1 aliphatic rings. The lowest BCUT2D eigenvalue weighted by atomic mass is 9.99. The fraction of sp³-hybridized carbons (Fsp3) is 1.00. The van der Waals surface area contributed by atoms with Crippen molar-refractivity contribution in [2.45, 2.75) is 39.3 Å². The molecular formula is C10H22N2. The number of nitrogens with zero attached hydrogens (tertiary/aromatic N) is 1. The highest BCUT2D eigenvalue weighted by Gasteiger charge is 2.25. The van der Waals surface area contributed by atoms with E-state index in [-0.39, 0.29) is 0 Å². The summed E-state index contributed by atoms with van der Waals surface area (Å²) in [6, 6.07) is 1.44. The maximum atomic E-state index is 3.61. The molecule has 1 heterocycles. The van der Waals surface area contributed by atoms with E-state index in [4.69, 9.17) is 0 Å². The van der Waals surface area contributed by atoms with E-state index < -0.39 is 0 Å². The number of nitrogens with one attached hydrogen (secondary N) is 1. The van der Waals surface area contributed by atoms with Gasteiger partial charge in [0.1, 0.15) is 0 Å². The van der Waals surface area contributed by atoms with Crippen LogP contribution in [0.25, 0.3) is 0 Å². The molecule has 0 aromatic rings. The molecule has 0 spiro atoms. The Morgan fingerprint density at radius 1 is 1.50 bits per heavy atom. The summed E-state index contributed by atoms with van der Waals surface area (Å²) in [5.74, 6) is 0.755. The summed E-state index contributed by atoms with van der Waals surface area (Å²) in [4.78, 5) is 2.49. The molecule has 72 valence electrons. The van der Waals surface area contributed by atoms with Crippen LogP contribution in [0.5, 0.6) is 0 Å². The fourth-order valence-electron chi connectivity index (χ4n) is 1.87. The van der Waals surface area contributed by atoms with Crippen molar-refractivity contribution in [1.29, 1.82) is 0 Å². The molecule has 0 saturated carbocycles. The molecule has 1 saturated heterocycles. The van der Waals surface area contributed by atoms with Crippen LogP contribution in [0, 0.1) is 5.92 Å². The molecule has 0 aliphatic carbocycles. The molecule has 2 heteroatoms. The first kappa shape index (κ1) is 10.0. The highest BCUT2D eigenvalue weighted by Crippen LogP contribution is 2.12. The van der Waals surface area contributed by atoms with Crippen LogP contribution in [0.4, 0.5) is 0 Å². The van der Waals surface area contributed by atoms with Gasteiger partial charge < -0.3 is 10.2 Å². The van der Waals surface area contributed by atoms with E-state index in [2.05, 4.69) is 38.0 Å². The van der Waals surface area contributed by atoms with Crippen molar-refractivity contribution in [3.8, 4) is 0 Å². The third kappa shape index (κ3) is 2.20. The average Bonchev–Trinajstić information content (AvgIpc) is 2.04. The third-order valence-corrected chi connectivity index (χ3v) is 3.00. The predicted molar refractivity (Wildman–Crippen MR) is 53.3 cm³/mol. The monoisotopic (exact) mass is 170 g/mol. The highest BCUT2D eigenvalue weighted by molar-refractivity contribution is 4.84. The minimum absolute atomic E-state index is 0.692. The topological polar surface area (TPSA) is 15.3 Å². The molecule has 1 rings (SSSR count). The van der Waals surface area contributed by atoms with Crippen molar-refractivity contribution in [2.75, 3.05) is 20.1 Å². The summed E-state index contributed by atoms with van der Waals surface area (Å²) in [7, 11) is 2.24. The van der Waals surface area contributed by atoms with Gasteiger partial charge in [-0.1, -0.05) is 20.8 Å². The highest BCUT2D eigenvalue weighted by atomic mass is 15.2. The summed E-state index contributed by atoms with van der Waals surface area (Å²) < 4.78 is 0. The van der Waals surface area contributed by atoms with Crippen LogP contribution in [-0.2, 0) is 0 Å². The van der Waals surface area contributed by atoms with Crippen molar-refractivity contribution in [3.63, 3.8) is 0 Å². The summed E-state index contributed by atoms with van der Waals surface area (Å²) in [5.41, 5.74) is 0. The number of hydrogen-bond donors (Lipinski definition) is 1. The smallest absolute Gasteiger partial charge is 0.0218 e. The molecule has 12 heavy (non-hydrogen) atoms. The summed E-state index contributed by atoms with van der Waals surface area (Å²) in [6.45, 7) is 9.21. The zero-order chi connectivity index (χ0) is 9.14. The van der Waals surface area contributed by atoms with Gasteiger partial charge in [0.2, 0.25) is 0 Å². The molecule has 0 bridgehead atoms. The average molecular weight is 170 g/mol. The van der Waals surface area contributed by atoms with Crippen molar-refractivity contribution >= 4 is 0 Å². The predicted octanol–water partition coefficient (Wildman–Crippen LogP) is 1.32. The Kier molecular flexibility index (Phi) is 3.53. The molecule has 0 radical (unpaired) electrons. The summed E-state index contributed by atoms with van der Waals surface area (Å²) >= 11 is 0. The van der Waals surface area contributed by atoms with Gasteiger partial charge in [0, 0.05) is 25.2 Å². The first-order chi connectivity index (χ1) is 5.65. The zero-order valence-corrected chi connectivity index (χ0v) is 8.80. The van der Waals surface area contributed by atoms with Gasteiger partial charge in [0.25, 0.3) is 0 Å². The van der Waals surface area contributed by atoms with Crippen LogP contribution < -0.4 is 5.32 Å². The van der Waals surface area contributed by atoms with Gasteiger partial charge in [-0.25, -0.2) is 0 Å². The number of piperazine rings is 1. The molecule has 0 aromatic carbocycles. The van der Waals surface area contributed by atoms with Crippen LogP contribution >= 0.6 is 0 Å². The molecule has 1 aliphatic heterocycles. The first-order valence-electron chi connectivity index (χ1n) is 5.08. The fourth-order valence-corrected chi connectivity index (χ4v) is 1.87. The van der Waals surface area contributed by atoms with E-state index in [1.807, 2.05) is 0 Å². The Morgan fingerprint density at radius 3 is 2.58 bits per heavy atom. The third-order valence-electron chi connectivity index (χ3n) is 3.00. The number of likely N-dealkylation sites (N-methyl/N-ethyl adjacent to an activating group) is 1. The van der Waals surface area contributed by atoms with Gasteiger partial charge in [0.05, 0.1) is 0 Å². The second-order valence-corrected chi connectivity index (χ2v) is 4.26. The summed E-state index contributed by atoms with van der Waals surface area (Å²) in [5, 5.41) is 3.61. The molecule has 0 aromatic heterocycles. The van der Waals surface area contributed by atoms with E-state index in [0.717, 1.165) is 18.5 Å². The van der Waals surface area contributed by atoms with Crippen LogP contribution in [0.15, 0.2) is 0 Å². The van der Waals surface area contributed by atoms with Gasteiger partial charge in [0.15, 0.2) is 0 Å². The van der Waals surface area contributed by atoms with Crippen LogP contribution in [0.3, 0.4) is 0 Å². The van der Waals surface area contributed by atoms with Crippen LogP contribution in [-0.4, -0.2) is 37.1 Å². The Labute approximate surface area is 76.3 Å². The largest absolute Gasteiger partial charge is 0.311 e. The molecule has 1 fully saturated rings. The zero-order valence-electron chi connectivity index (χ0n) is 8.80. The number of rotatable bonds is 2. The van der Waals surface area contributed by atoms with Gasteiger partial charge in [-0.15, -0.1) is 0 Å². The van der Waals surface area contributed by atoms with E-state index in [0.29, 0.717) is 6.04 Å². The van der Waals surface area contributed by atoms with E-state index in [1.54, 1.807) is 0 Å². The minimum Gasteiger partial charge on any atom is -0.311 e. The Hall–Kier alpha value is -0.0800. The number of hydrogen-bond acceptors (Lipinski definition) is 2. The van der Waals surface area contributed by atoms with Gasteiger partial charge in [-0.2, -0.15) is 0 Å². The normalized spacial score (nSPS) is 32.8. The summed E-state index contributed by atoms with van der Waals surface area (Å²) in [6.07, 6.45) is 1.26. The van der Waals surface area contributed by atoms with Gasteiger partial charge in [-0.05, 0) is 19.4 Å². The van der Waals surface area contributed by atoms with Crippen molar-refractivity contribution in [2.24, 2.45) is 5.92 Å². The van der Waals surface area contributed by atoms with Crippen molar-refractivity contribution < 1.29 is 0 Å². The van der Waals surface area contributed by atoms with Crippen molar-refractivity contribution in [3.05, 3.63) is 0 Å². The molecular weight excluding hydrogens is 148 g/mol. The van der Waals surface area contributed by atoms with E-state index >= 15 is 0 Å². The molecule has 2 unspecified atom stereocenters. The molecule has 2 atom stereocenters. The molecule has 2 nitrogen and oxygen atoms in total. The standard InChI is InChI=1S/C10H22N2/c1-5-9-6-11-10(8(2)3)7-12(9)4/h8-11H,5-7H2,1-4H3. The minimum atomic E-state index is 0.692. The Balaban J connectivity index is 2.40. The van der Waals surface area contributed by atoms with Crippen LogP contribution in [0.1, 0.15) is 27.2 Å². The SMILES string of the molecule is CCC1CNC(C(C)C)CN1C. The lowest BCUT2D eigenvalue weighted by molar-refractivity contribution is 0.139. The lowest BCUT2D eigenvalue weighted by Crippen LogP contribution is -2.56. The second kappa shape index (κ2) is 4.24. The quantitative estimate of drug-likeness (QED) is 0.672. The van der Waals surface area contributed by atoms with Gasteiger partial charge >= 0.3 is 0 Å². The van der Waals surface area contributed by atoms with Gasteiger partial charge in [-0.3, -0.25) is 0 Å². The molecule has 1 N–H and O–H groups in total. The van der Waals surface area contributed by atoms with Crippen LogP contribution in [0.2, 0.25) is 0 Å². The Bertz CT molecular complexity index is 134. The second-order valence-electron chi connectivity index (χ2n) is 4.26. The maximum absolute atomic E-state index is 3.61. The first-order valence-corrected chi connectivity index (χ1v) is 5.08. The van der Waals surface area contributed by atoms with E-state index in [1.165, 1.54) is 13.0 Å². The maximum Gasteiger partial charge on any atom is 0.0218 e. The lowest BCUT2D eigenvalue weighted by Gasteiger charge is -2.39. The van der Waals surface area contributed by atoms with Crippen molar-refractivity contribution in [1.82, 2.24) is 10.2 Å². The molecule has 0 amide bonds. The Morgan fingerprint density at radius 2 is 2.17 bits per heavy atom.